The van der Waals surface area contributed by atoms with Crippen LogP contribution in [0.2, 0.25) is 0 Å². The fraction of sp³-hybridized carbons (Fsp3) is 0.562. The van der Waals surface area contributed by atoms with E-state index < -0.39 is 6.17 Å². The quantitative estimate of drug-likeness (QED) is 0.859. The molecule has 24 heavy (non-hydrogen) atoms. The Balaban J connectivity index is 1.56. The number of rotatable bonds is 6. The number of carbonyl (C=O) groups excluding carboxylic acids is 1. The summed E-state index contributed by atoms with van der Waals surface area (Å²) in [5.74, 6) is 0.634. The predicted octanol–water partition coefficient (Wildman–Crippen LogP) is 1.22. The Morgan fingerprint density at radius 2 is 2.33 bits per heavy atom. The van der Waals surface area contributed by atoms with Gasteiger partial charge in [0.15, 0.2) is 0 Å². The Labute approximate surface area is 139 Å². The molecule has 7 nitrogen and oxygen atoms in total. The molecule has 0 saturated carbocycles. The Hall–Kier alpha value is -2.22. The van der Waals surface area contributed by atoms with E-state index >= 15 is 0 Å². The number of alkyl halides is 1. The topological polar surface area (TPSA) is 76.2 Å². The number of aromatic nitrogens is 3. The van der Waals surface area contributed by atoms with Gasteiger partial charge in [0.05, 0.1) is 5.69 Å². The average molecular weight is 335 g/mol. The van der Waals surface area contributed by atoms with Crippen LogP contribution in [-0.4, -0.2) is 51.0 Å². The number of hydrogen-bond donors (Lipinski definition) is 1. The average Bonchev–Trinajstić information content (AvgIpc) is 3.23. The van der Waals surface area contributed by atoms with Crippen molar-refractivity contribution in [3.63, 3.8) is 0 Å². The molecular formula is C16H22FN5O2. The molecule has 0 bridgehead atoms. The summed E-state index contributed by atoms with van der Waals surface area (Å²) in [4.78, 5) is 14.0. The highest BCUT2D eigenvalue weighted by Gasteiger charge is 2.33. The Kier molecular flexibility index (Phi) is 4.94. The third-order valence-corrected chi connectivity index (χ3v) is 4.42. The number of halogens is 1. The van der Waals surface area contributed by atoms with Crippen molar-refractivity contribution in [2.24, 2.45) is 0 Å². The van der Waals surface area contributed by atoms with Crippen LogP contribution >= 0.6 is 0 Å². The highest BCUT2D eigenvalue weighted by Crippen LogP contribution is 2.24. The molecule has 130 valence electrons. The molecule has 0 unspecified atom stereocenters. The number of nitrogens with one attached hydrogen (secondary N) is 1. The third-order valence-electron chi connectivity index (χ3n) is 4.42. The van der Waals surface area contributed by atoms with Gasteiger partial charge in [-0.05, 0) is 26.3 Å². The smallest absolute Gasteiger partial charge is 0.241 e. The van der Waals surface area contributed by atoms with Gasteiger partial charge in [0.1, 0.15) is 18.5 Å². The maximum absolute atomic E-state index is 13.9. The van der Waals surface area contributed by atoms with E-state index in [1.165, 1.54) is 0 Å². The van der Waals surface area contributed by atoms with Gasteiger partial charge in [0.2, 0.25) is 5.91 Å². The lowest BCUT2D eigenvalue weighted by Crippen LogP contribution is -2.41. The molecule has 2 aromatic heterocycles. The fourth-order valence-electron chi connectivity index (χ4n) is 3.09. The summed E-state index contributed by atoms with van der Waals surface area (Å²) in [6.07, 6.45) is 2.91. The summed E-state index contributed by atoms with van der Waals surface area (Å²) in [7, 11) is 0. The molecular weight excluding hydrogens is 313 g/mol. The lowest BCUT2D eigenvalue weighted by molar-refractivity contribution is -0.122. The van der Waals surface area contributed by atoms with Crippen molar-refractivity contribution in [3.05, 3.63) is 35.5 Å². The van der Waals surface area contributed by atoms with E-state index in [1.54, 1.807) is 23.1 Å². The van der Waals surface area contributed by atoms with Crippen LogP contribution in [-0.2, 0) is 17.9 Å². The molecule has 8 heteroatoms. The summed E-state index contributed by atoms with van der Waals surface area (Å²) >= 11 is 0. The van der Waals surface area contributed by atoms with Crippen molar-refractivity contribution in [2.45, 2.75) is 45.6 Å². The second-order valence-corrected chi connectivity index (χ2v) is 6.23. The van der Waals surface area contributed by atoms with E-state index in [2.05, 4.69) is 15.6 Å². The highest BCUT2D eigenvalue weighted by molar-refractivity contribution is 5.75. The predicted molar refractivity (Wildman–Crippen MR) is 84.9 cm³/mol. The number of aryl methyl sites for hydroxylation is 2. The van der Waals surface area contributed by atoms with Gasteiger partial charge in [-0.3, -0.25) is 14.4 Å². The lowest BCUT2D eigenvalue weighted by Gasteiger charge is -2.24. The van der Waals surface area contributed by atoms with Crippen LogP contribution < -0.4 is 5.32 Å². The van der Waals surface area contributed by atoms with Crippen LogP contribution in [0.1, 0.15) is 23.4 Å². The first kappa shape index (κ1) is 16.6. The molecule has 1 aliphatic heterocycles. The van der Waals surface area contributed by atoms with Crippen molar-refractivity contribution in [2.75, 3.05) is 13.1 Å². The van der Waals surface area contributed by atoms with Crippen molar-refractivity contribution in [1.82, 2.24) is 25.2 Å². The minimum atomic E-state index is -0.876. The molecule has 1 N–H and O–H groups in total. The van der Waals surface area contributed by atoms with Crippen molar-refractivity contribution >= 4 is 5.91 Å². The largest absolute Gasteiger partial charge is 0.361 e. The van der Waals surface area contributed by atoms with E-state index in [4.69, 9.17) is 4.52 Å². The van der Waals surface area contributed by atoms with E-state index in [-0.39, 0.29) is 18.5 Å². The molecule has 1 saturated heterocycles. The van der Waals surface area contributed by atoms with Gasteiger partial charge in [-0.1, -0.05) is 5.16 Å². The third kappa shape index (κ3) is 3.81. The maximum atomic E-state index is 13.9. The summed E-state index contributed by atoms with van der Waals surface area (Å²) in [6, 6.07) is 1.74. The molecule has 0 spiro atoms. The van der Waals surface area contributed by atoms with Gasteiger partial charge in [0, 0.05) is 43.6 Å². The minimum absolute atomic E-state index is 0.0322. The van der Waals surface area contributed by atoms with Crippen LogP contribution in [0, 0.1) is 13.8 Å². The van der Waals surface area contributed by atoms with Gasteiger partial charge < -0.3 is 9.84 Å². The first-order valence-electron chi connectivity index (χ1n) is 8.07. The summed E-state index contributed by atoms with van der Waals surface area (Å²) < 4.78 is 20.6. The number of likely N-dealkylation sites (tertiary alicyclic amines) is 1. The van der Waals surface area contributed by atoms with E-state index in [0.717, 1.165) is 17.0 Å². The van der Waals surface area contributed by atoms with E-state index in [9.17, 15) is 9.18 Å². The number of carbonyl (C=O) groups is 1. The lowest BCUT2D eigenvalue weighted by atomic mass is 10.1. The molecule has 0 aliphatic carbocycles. The first-order chi connectivity index (χ1) is 11.5. The van der Waals surface area contributed by atoms with Crippen LogP contribution in [0.15, 0.2) is 23.0 Å². The van der Waals surface area contributed by atoms with Crippen LogP contribution in [0.3, 0.4) is 0 Å². The van der Waals surface area contributed by atoms with E-state index in [0.29, 0.717) is 26.1 Å². The Bertz CT molecular complexity index is 665. The van der Waals surface area contributed by atoms with Gasteiger partial charge in [-0.25, -0.2) is 4.39 Å². The molecule has 3 heterocycles. The fourth-order valence-corrected chi connectivity index (χ4v) is 3.09. The van der Waals surface area contributed by atoms with E-state index in [1.807, 2.05) is 18.7 Å². The molecule has 0 aromatic carbocycles. The number of nitrogens with zero attached hydrogens (tertiary/aromatic N) is 4. The first-order valence-corrected chi connectivity index (χ1v) is 8.07. The normalized spacial score (nSPS) is 21.3. The van der Waals surface area contributed by atoms with Gasteiger partial charge in [-0.15, -0.1) is 0 Å². The van der Waals surface area contributed by atoms with Crippen molar-refractivity contribution in [1.29, 1.82) is 0 Å². The SMILES string of the molecule is Cc1noc(C)c1CN1C[C@@H](F)C[C@H]1CNC(=O)Cn1cccn1. The van der Waals surface area contributed by atoms with Gasteiger partial charge in [0.25, 0.3) is 0 Å². The molecule has 0 radical (unpaired) electrons. The molecule has 2 atom stereocenters. The summed E-state index contributed by atoms with van der Waals surface area (Å²) in [5.41, 5.74) is 1.83. The van der Waals surface area contributed by atoms with Crippen LogP contribution in [0.25, 0.3) is 0 Å². The Morgan fingerprint density at radius 1 is 1.50 bits per heavy atom. The van der Waals surface area contributed by atoms with Crippen LogP contribution in [0.5, 0.6) is 0 Å². The van der Waals surface area contributed by atoms with Gasteiger partial charge >= 0.3 is 0 Å². The molecule has 1 amide bonds. The second-order valence-electron chi connectivity index (χ2n) is 6.23. The standard InChI is InChI=1S/C16H22FN5O2/c1-11-15(12(2)24-20-11)9-21-8-13(17)6-14(21)7-18-16(23)10-22-5-3-4-19-22/h3-5,13-14H,6-10H2,1-2H3,(H,18,23)/t13-,14-/m0/s1. The Morgan fingerprint density at radius 3 is 3.00 bits per heavy atom. The monoisotopic (exact) mass is 335 g/mol. The molecule has 1 aliphatic rings. The number of amides is 1. The minimum Gasteiger partial charge on any atom is -0.361 e. The highest BCUT2D eigenvalue weighted by atomic mass is 19.1. The molecule has 2 aromatic rings. The van der Waals surface area contributed by atoms with Crippen LogP contribution in [0.4, 0.5) is 4.39 Å². The second kappa shape index (κ2) is 7.12. The molecule has 3 rings (SSSR count). The summed E-state index contributed by atoms with van der Waals surface area (Å²) in [6.45, 7) is 5.28. The molecule has 1 fully saturated rings. The van der Waals surface area contributed by atoms with Crippen molar-refractivity contribution < 1.29 is 13.7 Å². The van der Waals surface area contributed by atoms with Crippen molar-refractivity contribution in [3.8, 4) is 0 Å². The zero-order valence-corrected chi connectivity index (χ0v) is 13.9. The maximum Gasteiger partial charge on any atom is 0.241 e. The van der Waals surface area contributed by atoms with Gasteiger partial charge in [-0.2, -0.15) is 5.10 Å². The zero-order valence-electron chi connectivity index (χ0n) is 13.9. The summed E-state index contributed by atoms with van der Waals surface area (Å²) in [5, 5.41) is 10.8. The zero-order chi connectivity index (χ0) is 17.1. The number of hydrogen-bond acceptors (Lipinski definition) is 5.